The molecule has 2 N–H and O–H groups in total. The molecular formula is C24H27N3O2. The molecule has 0 unspecified atom stereocenters. The Hall–Kier alpha value is -3.08. The smallest absolute Gasteiger partial charge is 0.267 e. The number of benzene rings is 2. The summed E-state index contributed by atoms with van der Waals surface area (Å²) in [7, 11) is 0. The van der Waals surface area contributed by atoms with Crippen molar-refractivity contribution in [2.45, 2.75) is 26.2 Å². The van der Waals surface area contributed by atoms with Crippen LogP contribution in [0.15, 0.2) is 54.6 Å². The molecule has 0 radical (unpaired) electrons. The molecule has 29 heavy (non-hydrogen) atoms. The summed E-state index contributed by atoms with van der Waals surface area (Å²) < 4.78 is 0. The van der Waals surface area contributed by atoms with E-state index < -0.39 is 0 Å². The predicted molar refractivity (Wildman–Crippen MR) is 115 cm³/mol. The summed E-state index contributed by atoms with van der Waals surface area (Å²) in [4.78, 5) is 30.1. The van der Waals surface area contributed by atoms with Crippen LogP contribution in [0.1, 0.15) is 45.7 Å². The average molecular weight is 389 g/mol. The third-order valence-corrected chi connectivity index (χ3v) is 5.81. The number of carbonyl (C=O) groups is 2. The number of aryl methyl sites for hydroxylation is 1. The summed E-state index contributed by atoms with van der Waals surface area (Å²) in [6.45, 7) is 4.25. The Morgan fingerprint density at radius 1 is 1.07 bits per heavy atom. The number of nitrogens with one attached hydrogen (secondary N) is 2. The summed E-state index contributed by atoms with van der Waals surface area (Å²) in [5.41, 5.74) is 3.50. The van der Waals surface area contributed by atoms with Crippen molar-refractivity contribution in [2.75, 3.05) is 19.6 Å². The molecule has 150 valence electrons. The number of hydrogen-bond acceptors (Lipinski definition) is 2. The number of aromatic amines is 1. The van der Waals surface area contributed by atoms with Crippen molar-refractivity contribution < 1.29 is 9.59 Å². The topological polar surface area (TPSA) is 65.2 Å². The maximum atomic E-state index is 12.6. The van der Waals surface area contributed by atoms with Crippen LogP contribution >= 0.6 is 0 Å². The molecule has 1 fully saturated rings. The zero-order chi connectivity index (χ0) is 20.2. The highest BCUT2D eigenvalue weighted by molar-refractivity contribution is 5.98. The van der Waals surface area contributed by atoms with Gasteiger partial charge in [-0.2, -0.15) is 0 Å². The summed E-state index contributed by atoms with van der Waals surface area (Å²) >= 11 is 0. The van der Waals surface area contributed by atoms with Crippen molar-refractivity contribution in [2.24, 2.45) is 5.92 Å². The van der Waals surface area contributed by atoms with Gasteiger partial charge < -0.3 is 15.2 Å². The fourth-order valence-electron chi connectivity index (χ4n) is 3.98. The van der Waals surface area contributed by atoms with E-state index in [-0.39, 0.29) is 11.8 Å². The Labute approximate surface area is 171 Å². The molecule has 1 saturated heterocycles. The van der Waals surface area contributed by atoms with Gasteiger partial charge in [-0.3, -0.25) is 9.59 Å². The van der Waals surface area contributed by atoms with E-state index in [4.69, 9.17) is 0 Å². The van der Waals surface area contributed by atoms with Crippen LogP contribution in [0.5, 0.6) is 0 Å². The van der Waals surface area contributed by atoms with E-state index in [1.807, 2.05) is 66.4 Å². The van der Waals surface area contributed by atoms with Gasteiger partial charge in [0, 0.05) is 36.1 Å². The highest BCUT2D eigenvalue weighted by atomic mass is 16.2. The minimum Gasteiger partial charge on any atom is -0.351 e. The van der Waals surface area contributed by atoms with Gasteiger partial charge in [0.1, 0.15) is 5.69 Å². The number of hydrogen-bond donors (Lipinski definition) is 2. The average Bonchev–Trinajstić information content (AvgIpc) is 3.19. The third-order valence-electron chi connectivity index (χ3n) is 5.81. The molecule has 4 rings (SSSR count). The number of H-pyrrole nitrogens is 1. The van der Waals surface area contributed by atoms with Crippen molar-refractivity contribution in [1.82, 2.24) is 15.2 Å². The molecule has 3 aromatic rings. The minimum atomic E-state index is -0.0619. The molecule has 2 amide bonds. The van der Waals surface area contributed by atoms with Crippen molar-refractivity contribution in [3.05, 3.63) is 71.4 Å². The number of likely N-dealkylation sites (tertiary alicyclic amines) is 1. The van der Waals surface area contributed by atoms with E-state index >= 15 is 0 Å². The van der Waals surface area contributed by atoms with Gasteiger partial charge in [0.25, 0.3) is 11.8 Å². The SMILES string of the molecule is Cc1ccc(C(=O)N2CCC(CCNC(=O)c3cc4ccccc4[nH]3)CC2)cc1. The van der Waals surface area contributed by atoms with Gasteiger partial charge in [-0.05, 0) is 56.4 Å². The van der Waals surface area contributed by atoms with Crippen LogP contribution in [-0.4, -0.2) is 41.3 Å². The molecule has 1 aromatic heterocycles. The second kappa shape index (κ2) is 8.52. The highest BCUT2D eigenvalue weighted by Crippen LogP contribution is 2.22. The van der Waals surface area contributed by atoms with E-state index in [2.05, 4.69) is 10.3 Å². The maximum absolute atomic E-state index is 12.6. The van der Waals surface area contributed by atoms with E-state index in [1.165, 1.54) is 0 Å². The van der Waals surface area contributed by atoms with Crippen LogP contribution in [0, 0.1) is 12.8 Å². The number of amides is 2. The molecule has 5 nitrogen and oxygen atoms in total. The maximum Gasteiger partial charge on any atom is 0.267 e. The van der Waals surface area contributed by atoms with Crippen LogP contribution in [0.4, 0.5) is 0 Å². The predicted octanol–water partition coefficient (Wildman–Crippen LogP) is 4.15. The third kappa shape index (κ3) is 4.50. The number of aromatic nitrogens is 1. The lowest BCUT2D eigenvalue weighted by atomic mass is 9.93. The van der Waals surface area contributed by atoms with Crippen molar-refractivity contribution in [3.8, 4) is 0 Å². The lowest BCUT2D eigenvalue weighted by Gasteiger charge is -2.32. The van der Waals surface area contributed by atoms with Crippen LogP contribution in [-0.2, 0) is 0 Å². The molecule has 1 aliphatic rings. The Morgan fingerprint density at radius 2 is 1.79 bits per heavy atom. The van der Waals surface area contributed by atoms with E-state index in [1.54, 1.807) is 0 Å². The Kier molecular flexibility index (Phi) is 5.65. The first kappa shape index (κ1) is 19.2. The second-order valence-electron chi connectivity index (χ2n) is 7.92. The first-order valence-electron chi connectivity index (χ1n) is 10.3. The van der Waals surface area contributed by atoms with Gasteiger partial charge in [-0.25, -0.2) is 0 Å². The van der Waals surface area contributed by atoms with Gasteiger partial charge in [0.15, 0.2) is 0 Å². The van der Waals surface area contributed by atoms with Gasteiger partial charge in [-0.1, -0.05) is 35.9 Å². The Bertz CT molecular complexity index is 965. The van der Waals surface area contributed by atoms with Crippen molar-refractivity contribution in [1.29, 1.82) is 0 Å². The number of fused-ring (bicyclic) bond motifs is 1. The first-order chi connectivity index (χ1) is 14.1. The Morgan fingerprint density at radius 3 is 2.52 bits per heavy atom. The largest absolute Gasteiger partial charge is 0.351 e. The molecule has 1 aliphatic heterocycles. The number of piperidine rings is 1. The van der Waals surface area contributed by atoms with Crippen LogP contribution < -0.4 is 5.32 Å². The van der Waals surface area contributed by atoms with Crippen LogP contribution in [0.25, 0.3) is 10.9 Å². The summed E-state index contributed by atoms with van der Waals surface area (Å²) in [6, 6.07) is 17.6. The van der Waals surface area contributed by atoms with Crippen LogP contribution in [0.2, 0.25) is 0 Å². The lowest BCUT2D eigenvalue weighted by molar-refractivity contribution is 0.0687. The molecule has 5 heteroatoms. The molecule has 0 aliphatic carbocycles. The van der Waals surface area contributed by atoms with Gasteiger partial charge in [0.2, 0.25) is 0 Å². The number of para-hydroxylation sites is 1. The fraction of sp³-hybridized carbons (Fsp3) is 0.333. The zero-order valence-electron chi connectivity index (χ0n) is 16.8. The molecule has 2 heterocycles. The minimum absolute atomic E-state index is 0.0619. The Balaban J connectivity index is 1.22. The van der Waals surface area contributed by atoms with E-state index in [0.717, 1.165) is 54.4 Å². The van der Waals surface area contributed by atoms with E-state index in [9.17, 15) is 9.59 Å². The van der Waals surface area contributed by atoms with Gasteiger partial charge >= 0.3 is 0 Å². The summed E-state index contributed by atoms with van der Waals surface area (Å²) in [5, 5.41) is 4.07. The molecule has 0 bridgehead atoms. The molecule has 2 aromatic carbocycles. The fourth-order valence-corrected chi connectivity index (χ4v) is 3.98. The zero-order valence-corrected chi connectivity index (χ0v) is 16.8. The van der Waals surface area contributed by atoms with Crippen LogP contribution in [0.3, 0.4) is 0 Å². The normalized spacial score (nSPS) is 14.9. The highest BCUT2D eigenvalue weighted by Gasteiger charge is 2.23. The summed E-state index contributed by atoms with van der Waals surface area (Å²) in [6.07, 6.45) is 2.91. The standard InChI is InChI=1S/C24H27N3O2/c1-17-6-8-19(9-7-17)24(29)27-14-11-18(12-15-27)10-13-25-23(28)22-16-20-4-2-3-5-21(20)26-22/h2-9,16,18,26H,10-15H2,1H3,(H,25,28). The number of rotatable bonds is 5. The van der Waals surface area contributed by atoms with Crippen molar-refractivity contribution >= 4 is 22.7 Å². The van der Waals surface area contributed by atoms with Gasteiger partial charge in [-0.15, -0.1) is 0 Å². The quantitative estimate of drug-likeness (QED) is 0.688. The van der Waals surface area contributed by atoms with Gasteiger partial charge in [0.05, 0.1) is 0 Å². The number of carbonyl (C=O) groups excluding carboxylic acids is 2. The second-order valence-corrected chi connectivity index (χ2v) is 7.92. The first-order valence-corrected chi connectivity index (χ1v) is 10.3. The molecule has 0 atom stereocenters. The summed E-state index contributed by atoms with van der Waals surface area (Å²) in [5.74, 6) is 0.601. The monoisotopic (exact) mass is 389 g/mol. The van der Waals surface area contributed by atoms with E-state index in [0.29, 0.717) is 18.2 Å². The van der Waals surface area contributed by atoms with Crippen molar-refractivity contribution in [3.63, 3.8) is 0 Å². The molecule has 0 saturated carbocycles. The number of nitrogens with zero attached hydrogens (tertiary/aromatic N) is 1. The molecular weight excluding hydrogens is 362 g/mol. The molecule has 0 spiro atoms. The lowest BCUT2D eigenvalue weighted by Crippen LogP contribution is -2.39.